The number of rotatable bonds is 6. The van der Waals surface area contributed by atoms with Gasteiger partial charge in [-0.15, -0.1) is 21.5 Å². The Kier molecular flexibility index (Phi) is 6.91. The second-order valence-electron chi connectivity index (χ2n) is 8.94. The van der Waals surface area contributed by atoms with Crippen molar-refractivity contribution in [3.8, 4) is 28.3 Å². The van der Waals surface area contributed by atoms with Crippen LogP contribution < -0.4 is 43.5 Å². The summed E-state index contributed by atoms with van der Waals surface area (Å²) in [5, 5.41) is 14.4. The van der Waals surface area contributed by atoms with Gasteiger partial charge >= 0.3 is 5.69 Å². The lowest BCUT2D eigenvalue weighted by atomic mass is 9.60. The van der Waals surface area contributed by atoms with Crippen molar-refractivity contribution in [3.63, 3.8) is 0 Å². The highest BCUT2D eigenvalue weighted by atomic mass is 16.5. The predicted molar refractivity (Wildman–Crippen MR) is 149 cm³/mol. The predicted octanol–water partition coefficient (Wildman–Crippen LogP) is -4.15. The molecule has 0 aliphatic carbocycles. The van der Waals surface area contributed by atoms with Crippen molar-refractivity contribution < 1.29 is 14.6 Å². The normalized spacial score (nSPS) is 15.4. The van der Waals surface area contributed by atoms with Crippen LogP contribution in [0.4, 0.5) is 5.95 Å². The van der Waals surface area contributed by atoms with E-state index in [1.807, 2.05) is 0 Å². The first-order chi connectivity index (χ1) is 18.2. The summed E-state index contributed by atoms with van der Waals surface area (Å²) >= 11 is 0. The molecule has 5 rings (SSSR count). The standard InChI is InChI=1S/C23H19B5N6O4/c1-37-12-6-9(5-10(8-35)30-12)13-20(14-15(24)17(26)19(28)18(27)16(14)25)31-22(29)34-21(13)32-33(23(34)36)7-11-3-2-4-38-11/h5-6,11,35H,2-4,7-8H2,1H3,(H2,29,31)/t11-/m1/s1. The Hall–Kier alpha value is -3.44. The molecule has 1 saturated heterocycles. The first-order valence-electron chi connectivity index (χ1n) is 11.7. The van der Waals surface area contributed by atoms with Crippen LogP contribution in [0.5, 0.6) is 5.88 Å². The SMILES string of the molecule is [B]c1c([B])c([B])c(-c2nc(N)n3c(=O)n(C[C@H]4CCCO4)nc3c2-c2cc(CO)nc(OC)c2)c([B])c1[B]. The minimum Gasteiger partial charge on any atom is -0.481 e. The molecular formula is C23H19B5N6O4. The number of fused-ring (bicyclic) bond motifs is 1. The van der Waals surface area contributed by atoms with Gasteiger partial charge < -0.3 is 20.3 Å². The quantitative estimate of drug-likeness (QED) is 0.257. The molecule has 10 nitrogen and oxygen atoms in total. The molecule has 180 valence electrons. The van der Waals surface area contributed by atoms with Crippen LogP contribution in [0.25, 0.3) is 28.0 Å². The van der Waals surface area contributed by atoms with Gasteiger partial charge in [0, 0.05) is 12.7 Å². The second kappa shape index (κ2) is 10.0. The number of aromatic nitrogens is 5. The van der Waals surface area contributed by atoms with Crippen molar-refractivity contribution in [1.29, 1.82) is 0 Å². The van der Waals surface area contributed by atoms with E-state index in [0.717, 1.165) is 12.8 Å². The van der Waals surface area contributed by atoms with Crippen LogP contribution in [-0.2, 0) is 17.9 Å². The van der Waals surface area contributed by atoms with E-state index < -0.39 is 5.69 Å². The molecule has 1 aromatic carbocycles. The average Bonchev–Trinajstić information content (AvgIpc) is 3.54. The molecule has 38 heavy (non-hydrogen) atoms. The van der Waals surface area contributed by atoms with E-state index in [0.29, 0.717) is 23.4 Å². The molecule has 3 aromatic heterocycles. The van der Waals surface area contributed by atoms with Gasteiger partial charge in [0.05, 0.1) is 43.3 Å². The van der Waals surface area contributed by atoms with Crippen LogP contribution in [0.3, 0.4) is 0 Å². The Morgan fingerprint density at radius 3 is 2.37 bits per heavy atom. The van der Waals surface area contributed by atoms with E-state index in [2.05, 4.69) is 15.1 Å². The van der Waals surface area contributed by atoms with Crippen molar-refractivity contribution in [1.82, 2.24) is 24.1 Å². The topological polar surface area (TPSA) is 130 Å². The summed E-state index contributed by atoms with van der Waals surface area (Å²) in [6, 6.07) is 3.19. The summed E-state index contributed by atoms with van der Waals surface area (Å²) in [7, 11) is 32.5. The Labute approximate surface area is 225 Å². The highest BCUT2D eigenvalue weighted by Gasteiger charge is 2.26. The zero-order chi connectivity index (χ0) is 27.3. The number of nitrogens with zero attached hydrogens (tertiary/aromatic N) is 5. The minimum atomic E-state index is -0.506. The van der Waals surface area contributed by atoms with Crippen molar-refractivity contribution in [2.24, 2.45) is 0 Å². The zero-order valence-corrected chi connectivity index (χ0v) is 20.6. The number of nitrogens with two attached hydrogens (primary N) is 1. The Bertz CT molecular complexity index is 1580. The molecule has 0 saturated carbocycles. The molecule has 1 aliphatic rings. The number of ether oxygens (including phenoxy) is 2. The van der Waals surface area contributed by atoms with Crippen LogP contribution in [0, 0.1) is 0 Å². The van der Waals surface area contributed by atoms with Crippen molar-refractivity contribution in [2.45, 2.75) is 32.1 Å². The van der Waals surface area contributed by atoms with Crippen LogP contribution in [-0.4, -0.2) is 88.3 Å². The van der Waals surface area contributed by atoms with Crippen molar-refractivity contribution in [2.75, 3.05) is 19.5 Å². The Morgan fingerprint density at radius 2 is 1.76 bits per heavy atom. The number of nitrogen functional groups attached to an aromatic ring is 1. The van der Waals surface area contributed by atoms with Gasteiger partial charge in [-0.2, -0.15) is 0 Å². The smallest absolute Gasteiger partial charge is 0.353 e. The van der Waals surface area contributed by atoms with Gasteiger partial charge in [-0.1, -0.05) is 10.9 Å². The van der Waals surface area contributed by atoms with Crippen molar-refractivity contribution in [3.05, 3.63) is 28.3 Å². The van der Waals surface area contributed by atoms with E-state index >= 15 is 0 Å². The first kappa shape index (κ1) is 26.2. The third kappa shape index (κ3) is 4.23. The Balaban J connectivity index is 1.90. The number of hydrogen-bond donors (Lipinski definition) is 2. The lowest BCUT2D eigenvalue weighted by Crippen LogP contribution is -2.55. The van der Waals surface area contributed by atoms with Gasteiger partial charge in [-0.25, -0.2) is 23.8 Å². The summed E-state index contributed by atoms with van der Waals surface area (Å²) in [5.41, 5.74) is 7.42. The largest absolute Gasteiger partial charge is 0.481 e. The van der Waals surface area contributed by atoms with Gasteiger partial charge in [-0.05, 0) is 30.0 Å². The molecule has 15 heteroatoms. The molecule has 1 atom stereocenters. The third-order valence-electron chi connectivity index (χ3n) is 6.61. The summed E-state index contributed by atoms with van der Waals surface area (Å²) < 4.78 is 13.5. The fourth-order valence-corrected chi connectivity index (χ4v) is 4.64. The van der Waals surface area contributed by atoms with Crippen LogP contribution in [0.2, 0.25) is 0 Å². The number of pyridine rings is 1. The number of aliphatic hydroxyl groups is 1. The first-order valence-corrected chi connectivity index (χ1v) is 11.7. The van der Waals surface area contributed by atoms with Crippen LogP contribution in [0.1, 0.15) is 18.5 Å². The molecule has 0 spiro atoms. The van der Waals surface area contributed by atoms with Gasteiger partial charge in [0.25, 0.3) is 0 Å². The molecule has 3 N–H and O–H groups in total. The molecule has 0 unspecified atom stereocenters. The molecule has 1 aliphatic heterocycles. The molecule has 0 bridgehead atoms. The third-order valence-corrected chi connectivity index (χ3v) is 6.61. The molecule has 4 heterocycles. The van der Waals surface area contributed by atoms with E-state index in [9.17, 15) is 9.90 Å². The van der Waals surface area contributed by atoms with E-state index in [1.165, 1.54) is 16.2 Å². The van der Waals surface area contributed by atoms with E-state index in [4.69, 9.17) is 54.4 Å². The maximum atomic E-state index is 13.4. The molecule has 1 fully saturated rings. The van der Waals surface area contributed by atoms with Gasteiger partial charge in [-0.3, -0.25) is 0 Å². The minimum absolute atomic E-state index is 0.0163. The maximum Gasteiger partial charge on any atom is 0.353 e. The number of hydrogen-bond acceptors (Lipinski definition) is 8. The van der Waals surface area contributed by atoms with Gasteiger partial charge in [0.1, 0.15) is 39.2 Å². The van der Waals surface area contributed by atoms with Gasteiger partial charge in [0.2, 0.25) is 11.8 Å². The Morgan fingerprint density at radius 1 is 1.08 bits per heavy atom. The van der Waals surface area contributed by atoms with E-state index in [1.54, 1.807) is 12.1 Å². The zero-order valence-electron chi connectivity index (χ0n) is 20.6. The fraction of sp³-hybridized carbons (Fsp3) is 0.304. The highest BCUT2D eigenvalue weighted by molar-refractivity contribution is 6.68. The second-order valence-corrected chi connectivity index (χ2v) is 8.94. The maximum absolute atomic E-state index is 13.4. The van der Waals surface area contributed by atoms with E-state index in [-0.39, 0.29) is 75.3 Å². The lowest BCUT2D eigenvalue weighted by Gasteiger charge is -2.23. The molecular weight excluding hydrogens is 478 g/mol. The van der Waals surface area contributed by atoms with Crippen LogP contribution >= 0.6 is 0 Å². The number of benzene rings is 1. The number of methoxy groups -OCH3 is 1. The monoisotopic (exact) mass is 498 g/mol. The molecule has 4 aromatic rings. The van der Waals surface area contributed by atoms with Crippen LogP contribution in [0.15, 0.2) is 16.9 Å². The summed E-state index contributed by atoms with van der Waals surface area (Å²) in [4.78, 5) is 22.2. The summed E-state index contributed by atoms with van der Waals surface area (Å²) in [5.74, 6) is 0.0319. The number of aliphatic hydroxyl groups excluding tert-OH is 1. The fourth-order valence-electron chi connectivity index (χ4n) is 4.64. The number of anilines is 1. The molecule has 10 radical (unpaired) electrons. The lowest BCUT2D eigenvalue weighted by molar-refractivity contribution is 0.0931. The summed E-state index contributed by atoms with van der Waals surface area (Å²) in [6.45, 7) is 0.456. The molecule has 0 amide bonds. The van der Waals surface area contributed by atoms with Crippen molar-refractivity contribution >= 4 is 78.1 Å². The summed E-state index contributed by atoms with van der Waals surface area (Å²) in [6.07, 6.45) is 1.52. The van der Waals surface area contributed by atoms with Gasteiger partial charge in [0.15, 0.2) is 5.65 Å². The highest BCUT2D eigenvalue weighted by Crippen LogP contribution is 2.34. The average molecular weight is 498 g/mol.